The highest BCUT2D eigenvalue weighted by molar-refractivity contribution is 6.00. The topological polar surface area (TPSA) is 44.1 Å². The molecule has 0 spiro atoms. The third-order valence-electron chi connectivity index (χ3n) is 4.44. The second-order valence-electron chi connectivity index (χ2n) is 5.44. The fraction of sp³-hybridized carbons (Fsp3) is 0.529. The van der Waals surface area contributed by atoms with Crippen molar-refractivity contribution in [3.63, 3.8) is 0 Å². The van der Waals surface area contributed by atoms with Crippen LogP contribution >= 0.6 is 0 Å². The first-order valence-electron chi connectivity index (χ1n) is 7.49. The van der Waals surface area contributed by atoms with Crippen molar-refractivity contribution in [1.82, 2.24) is 0 Å². The first-order chi connectivity index (χ1) is 9.68. The van der Waals surface area contributed by atoms with E-state index in [9.17, 15) is 10.1 Å². The molecule has 0 aromatic heterocycles. The number of anilines is 1. The van der Waals surface area contributed by atoms with Gasteiger partial charge in [0.1, 0.15) is 5.41 Å². The largest absolute Gasteiger partial charge is 0.311 e. The van der Waals surface area contributed by atoms with Crippen LogP contribution < -0.4 is 4.90 Å². The van der Waals surface area contributed by atoms with Gasteiger partial charge in [0, 0.05) is 12.2 Å². The molecule has 0 radical (unpaired) electrons. The number of nitrogens with zero attached hydrogens (tertiary/aromatic N) is 2. The highest BCUT2D eigenvalue weighted by atomic mass is 16.2. The molecule has 20 heavy (non-hydrogen) atoms. The number of rotatable bonds is 3. The van der Waals surface area contributed by atoms with Crippen LogP contribution in [0.15, 0.2) is 24.3 Å². The number of carbonyl (C=O) groups excluding carboxylic acids is 1. The fourth-order valence-electron chi connectivity index (χ4n) is 2.92. The Morgan fingerprint density at radius 1 is 1.30 bits per heavy atom. The summed E-state index contributed by atoms with van der Waals surface area (Å²) in [6.07, 6.45) is 4.24. The van der Waals surface area contributed by atoms with Gasteiger partial charge in [-0.3, -0.25) is 4.79 Å². The molecule has 0 saturated carbocycles. The predicted octanol–water partition coefficient (Wildman–Crippen LogP) is 3.69. The highest BCUT2D eigenvalue weighted by Gasteiger charge is 2.39. The molecule has 1 amide bonds. The summed E-state index contributed by atoms with van der Waals surface area (Å²) in [5.41, 5.74) is 1.34. The van der Waals surface area contributed by atoms with E-state index in [1.165, 1.54) is 5.56 Å². The van der Waals surface area contributed by atoms with Gasteiger partial charge in [-0.05, 0) is 43.7 Å². The van der Waals surface area contributed by atoms with E-state index in [-0.39, 0.29) is 5.91 Å². The molecule has 0 atom stereocenters. The SMILES string of the molecule is CCC(C#N)(CC)C(=O)N1CCCCc2ccccc21. The Hall–Kier alpha value is -1.82. The number of hydrogen-bond donors (Lipinski definition) is 0. The van der Waals surface area contributed by atoms with Crippen LogP contribution in [0, 0.1) is 16.7 Å². The minimum atomic E-state index is -0.878. The first-order valence-corrected chi connectivity index (χ1v) is 7.49. The number of carbonyl (C=O) groups is 1. The number of para-hydroxylation sites is 1. The van der Waals surface area contributed by atoms with Crippen LogP contribution in [0.2, 0.25) is 0 Å². The standard InChI is InChI=1S/C17H22N2O/c1-3-17(4-2,13-18)16(20)19-12-8-7-10-14-9-5-6-11-15(14)19/h5-6,9,11H,3-4,7-8,10,12H2,1-2H3. The number of fused-ring (bicyclic) bond motifs is 1. The summed E-state index contributed by atoms with van der Waals surface area (Å²) in [4.78, 5) is 14.8. The maximum atomic E-state index is 12.9. The Morgan fingerprint density at radius 3 is 2.65 bits per heavy atom. The van der Waals surface area contributed by atoms with Gasteiger partial charge in [0.25, 0.3) is 0 Å². The van der Waals surface area contributed by atoms with Gasteiger partial charge in [0.2, 0.25) is 5.91 Å². The summed E-state index contributed by atoms with van der Waals surface area (Å²) in [5, 5.41) is 9.50. The molecular weight excluding hydrogens is 248 g/mol. The molecule has 2 rings (SSSR count). The van der Waals surface area contributed by atoms with Gasteiger partial charge in [-0.15, -0.1) is 0 Å². The van der Waals surface area contributed by atoms with Crippen molar-refractivity contribution in [2.75, 3.05) is 11.4 Å². The molecule has 1 aromatic carbocycles. The second-order valence-corrected chi connectivity index (χ2v) is 5.44. The maximum absolute atomic E-state index is 12.9. The lowest BCUT2D eigenvalue weighted by atomic mass is 9.82. The minimum absolute atomic E-state index is 0.0284. The first kappa shape index (κ1) is 14.6. The van der Waals surface area contributed by atoms with E-state index in [0.717, 1.165) is 31.5 Å². The van der Waals surface area contributed by atoms with Crippen LogP contribution in [-0.2, 0) is 11.2 Å². The number of aryl methyl sites for hydroxylation is 1. The maximum Gasteiger partial charge on any atom is 0.247 e. The van der Waals surface area contributed by atoms with Crippen molar-refractivity contribution in [2.45, 2.75) is 46.0 Å². The van der Waals surface area contributed by atoms with E-state index in [1.807, 2.05) is 36.9 Å². The number of amides is 1. The minimum Gasteiger partial charge on any atom is -0.311 e. The van der Waals surface area contributed by atoms with Crippen molar-refractivity contribution >= 4 is 11.6 Å². The second kappa shape index (κ2) is 6.09. The summed E-state index contributed by atoms with van der Waals surface area (Å²) in [7, 11) is 0. The molecular formula is C17H22N2O. The monoisotopic (exact) mass is 270 g/mol. The van der Waals surface area contributed by atoms with Crippen LogP contribution in [0.5, 0.6) is 0 Å². The van der Waals surface area contributed by atoms with Gasteiger partial charge in [-0.2, -0.15) is 5.26 Å². The molecule has 0 bridgehead atoms. The summed E-state index contributed by atoms with van der Waals surface area (Å²) in [5.74, 6) is -0.0284. The molecule has 3 heteroatoms. The third kappa shape index (κ3) is 2.43. The average Bonchev–Trinajstić information content (AvgIpc) is 2.71. The summed E-state index contributed by atoms with van der Waals surface area (Å²) in [6, 6.07) is 10.4. The van der Waals surface area contributed by atoms with Crippen molar-refractivity contribution in [3.8, 4) is 6.07 Å². The summed E-state index contributed by atoms with van der Waals surface area (Å²) < 4.78 is 0. The molecule has 0 N–H and O–H groups in total. The van der Waals surface area contributed by atoms with Crippen LogP contribution in [0.4, 0.5) is 5.69 Å². The van der Waals surface area contributed by atoms with Gasteiger partial charge in [0.15, 0.2) is 0 Å². The predicted molar refractivity (Wildman–Crippen MR) is 80.4 cm³/mol. The quantitative estimate of drug-likeness (QED) is 0.840. The van der Waals surface area contributed by atoms with Crippen molar-refractivity contribution in [2.24, 2.45) is 5.41 Å². The smallest absolute Gasteiger partial charge is 0.247 e. The lowest BCUT2D eigenvalue weighted by Crippen LogP contribution is -2.43. The Labute approximate surface area is 121 Å². The van der Waals surface area contributed by atoms with E-state index in [2.05, 4.69) is 12.1 Å². The molecule has 0 aliphatic carbocycles. The Balaban J connectivity index is 2.42. The van der Waals surface area contributed by atoms with Crippen molar-refractivity contribution < 1.29 is 4.79 Å². The van der Waals surface area contributed by atoms with Gasteiger partial charge in [-0.1, -0.05) is 32.0 Å². The zero-order valence-corrected chi connectivity index (χ0v) is 12.4. The number of hydrogen-bond acceptors (Lipinski definition) is 2. The van der Waals surface area contributed by atoms with Gasteiger partial charge in [-0.25, -0.2) is 0 Å². The van der Waals surface area contributed by atoms with Crippen LogP contribution in [-0.4, -0.2) is 12.5 Å². The molecule has 0 unspecified atom stereocenters. The average molecular weight is 270 g/mol. The van der Waals surface area contributed by atoms with E-state index >= 15 is 0 Å². The number of nitriles is 1. The van der Waals surface area contributed by atoms with Crippen molar-refractivity contribution in [3.05, 3.63) is 29.8 Å². The molecule has 1 heterocycles. The Kier molecular flexibility index (Phi) is 4.44. The molecule has 0 saturated heterocycles. The lowest BCUT2D eigenvalue weighted by Gasteiger charge is -2.31. The summed E-state index contributed by atoms with van der Waals surface area (Å²) >= 11 is 0. The van der Waals surface area contributed by atoms with Crippen LogP contribution in [0.1, 0.15) is 45.1 Å². The zero-order chi connectivity index (χ0) is 14.6. The van der Waals surface area contributed by atoms with Gasteiger partial charge >= 0.3 is 0 Å². The van der Waals surface area contributed by atoms with E-state index < -0.39 is 5.41 Å². The van der Waals surface area contributed by atoms with E-state index in [4.69, 9.17) is 0 Å². The van der Waals surface area contributed by atoms with Crippen LogP contribution in [0.3, 0.4) is 0 Å². The van der Waals surface area contributed by atoms with Crippen molar-refractivity contribution in [1.29, 1.82) is 5.26 Å². The Bertz CT molecular complexity index is 526. The number of benzene rings is 1. The molecule has 106 valence electrons. The van der Waals surface area contributed by atoms with E-state index in [0.29, 0.717) is 12.8 Å². The molecule has 0 fully saturated rings. The zero-order valence-electron chi connectivity index (χ0n) is 12.4. The molecule has 1 aliphatic heterocycles. The third-order valence-corrected chi connectivity index (χ3v) is 4.44. The molecule has 1 aromatic rings. The molecule has 3 nitrogen and oxygen atoms in total. The normalized spacial score (nSPS) is 15.2. The Morgan fingerprint density at radius 2 is 2.00 bits per heavy atom. The highest BCUT2D eigenvalue weighted by Crippen LogP contribution is 2.34. The fourth-order valence-corrected chi connectivity index (χ4v) is 2.92. The van der Waals surface area contributed by atoms with Gasteiger partial charge < -0.3 is 4.90 Å². The lowest BCUT2D eigenvalue weighted by molar-refractivity contribution is -0.125. The van der Waals surface area contributed by atoms with Crippen LogP contribution in [0.25, 0.3) is 0 Å². The summed E-state index contributed by atoms with van der Waals surface area (Å²) in [6.45, 7) is 4.57. The molecule has 1 aliphatic rings. The van der Waals surface area contributed by atoms with Gasteiger partial charge in [0.05, 0.1) is 6.07 Å². The van der Waals surface area contributed by atoms with E-state index in [1.54, 1.807) is 0 Å².